The fourth-order valence-electron chi connectivity index (χ4n) is 5.29. The zero-order valence-electron chi connectivity index (χ0n) is 19.5. The summed E-state index contributed by atoms with van der Waals surface area (Å²) in [6, 6.07) is 10.5. The first kappa shape index (κ1) is 22.3. The minimum atomic E-state index is -0.128. The molecule has 0 aliphatic carbocycles. The van der Waals surface area contributed by atoms with Gasteiger partial charge < -0.3 is 20.2 Å². The number of carbonyl (C=O) groups is 1. The molecular formula is C26H34N4O2. The number of amides is 1. The van der Waals surface area contributed by atoms with Crippen LogP contribution in [0.15, 0.2) is 35.1 Å². The van der Waals surface area contributed by atoms with Crippen LogP contribution in [0, 0.1) is 19.8 Å². The standard InChI is InChI=1S/C26H34N4O2/c1-5-19-14-16(2)29-25(31)22(19)15-28-26(32)24-18(4)30(23-9-7-6-8-21(23)24)17(3)20-10-12-27-13-11-20/h6-9,14,17,20,27H,5,10-13,15H2,1-4H3,(H,28,32)(H,29,31)/t17-/m0/s1. The molecule has 1 aliphatic heterocycles. The molecule has 1 fully saturated rings. The number of aromatic nitrogens is 2. The van der Waals surface area contributed by atoms with Gasteiger partial charge in [-0.05, 0) is 76.7 Å². The molecule has 0 saturated carbocycles. The van der Waals surface area contributed by atoms with E-state index >= 15 is 0 Å². The predicted molar refractivity (Wildman–Crippen MR) is 129 cm³/mol. The highest BCUT2D eigenvalue weighted by molar-refractivity contribution is 6.08. The van der Waals surface area contributed by atoms with Gasteiger partial charge in [0.05, 0.1) is 5.56 Å². The zero-order chi connectivity index (χ0) is 22.8. The number of benzene rings is 1. The molecule has 2 aromatic heterocycles. The average Bonchev–Trinajstić information content (AvgIpc) is 3.09. The van der Waals surface area contributed by atoms with Crippen LogP contribution in [0.3, 0.4) is 0 Å². The number of nitrogens with one attached hydrogen (secondary N) is 3. The highest BCUT2D eigenvalue weighted by Gasteiger charge is 2.27. The summed E-state index contributed by atoms with van der Waals surface area (Å²) in [5, 5.41) is 7.45. The van der Waals surface area contributed by atoms with E-state index in [4.69, 9.17) is 0 Å². The van der Waals surface area contributed by atoms with Crippen LogP contribution in [-0.4, -0.2) is 28.5 Å². The van der Waals surface area contributed by atoms with Gasteiger partial charge in [-0.1, -0.05) is 25.1 Å². The Bertz CT molecular complexity index is 1180. The largest absolute Gasteiger partial charge is 0.348 e. The van der Waals surface area contributed by atoms with E-state index in [-0.39, 0.29) is 18.0 Å². The third kappa shape index (κ3) is 4.11. The van der Waals surface area contributed by atoms with Crippen LogP contribution in [-0.2, 0) is 13.0 Å². The average molecular weight is 435 g/mol. The molecule has 0 bridgehead atoms. The number of pyridine rings is 1. The molecule has 6 heteroatoms. The second-order valence-corrected chi connectivity index (χ2v) is 9.00. The predicted octanol–water partition coefficient (Wildman–Crippen LogP) is 4.00. The molecule has 0 spiro atoms. The first-order valence-corrected chi connectivity index (χ1v) is 11.7. The van der Waals surface area contributed by atoms with E-state index in [1.54, 1.807) is 0 Å². The molecule has 6 nitrogen and oxygen atoms in total. The van der Waals surface area contributed by atoms with Crippen molar-refractivity contribution in [1.29, 1.82) is 0 Å². The number of hydrogen-bond donors (Lipinski definition) is 3. The summed E-state index contributed by atoms with van der Waals surface area (Å²) in [4.78, 5) is 28.8. The number of carbonyl (C=O) groups excluding carboxylic acids is 1. The first-order valence-electron chi connectivity index (χ1n) is 11.7. The van der Waals surface area contributed by atoms with E-state index in [1.807, 2.05) is 45.0 Å². The van der Waals surface area contributed by atoms with Gasteiger partial charge in [0.2, 0.25) is 0 Å². The van der Waals surface area contributed by atoms with Gasteiger partial charge in [0.15, 0.2) is 0 Å². The third-order valence-corrected chi connectivity index (χ3v) is 7.03. The van der Waals surface area contributed by atoms with Crippen molar-refractivity contribution in [3.05, 3.63) is 68.8 Å². The lowest BCUT2D eigenvalue weighted by molar-refractivity contribution is 0.0951. The van der Waals surface area contributed by atoms with E-state index in [2.05, 4.69) is 33.2 Å². The number of hydrogen-bond acceptors (Lipinski definition) is 3. The van der Waals surface area contributed by atoms with Gasteiger partial charge in [-0.25, -0.2) is 0 Å². The van der Waals surface area contributed by atoms with Gasteiger partial charge in [-0.3, -0.25) is 9.59 Å². The lowest BCUT2D eigenvalue weighted by Crippen LogP contribution is -2.32. The number of rotatable bonds is 6. The van der Waals surface area contributed by atoms with E-state index in [0.29, 0.717) is 23.1 Å². The van der Waals surface area contributed by atoms with Crippen molar-refractivity contribution >= 4 is 16.8 Å². The highest BCUT2D eigenvalue weighted by atomic mass is 16.2. The summed E-state index contributed by atoms with van der Waals surface area (Å²) in [5.41, 5.74) is 5.13. The second kappa shape index (κ2) is 9.33. The Balaban J connectivity index is 1.67. The third-order valence-electron chi connectivity index (χ3n) is 7.03. The van der Waals surface area contributed by atoms with Crippen LogP contribution < -0.4 is 16.2 Å². The van der Waals surface area contributed by atoms with E-state index in [9.17, 15) is 9.59 Å². The summed E-state index contributed by atoms with van der Waals surface area (Å²) in [5.74, 6) is 0.455. The summed E-state index contributed by atoms with van der Waals surface area (Å²) in [6.45, 7) is 10.5. The van der Waals surface area contributed by atoms with Crippen molar-refractivity contribution < 1.29 is 4.79 Å². The molecular weight excluding hydrogens is 400 g/mol. The molecule has 1 aromatic carbocycles. The maximum Gasteiger partial charge on any atom is 0.254 e. The van der Waals surface area contributed by atoms with Crippen LogP contribution in [0.4, 0.5) is 0 Å². The summed E-state index contributed by atoms with van der Waals surface area (Å²) < 4.78 is 2.34. The highest BCUT2D eigenvalue weighted by Crippen LogP contribution is 2.34. The minimum absolute atomic E-state index is 0.124. The lowest BCUT2D eigenvalue weighted by Gasteiger charge is -2.30. The van der Waals surface area contributed by atoms with Crippen LogP contribution in [0.2, 0.25) is 0 Å². The molecule has 3 heterocycles. The smallest absolute Gasteiger partial charge is 0.254 e. The summed E-state index contributed by atoms with van der Waals surface area (Å²) >= 11 is 0. The zero-order valence-corrected chi connectivity index (χ0v) is 19.5. The van der Waals surface area contributed by atoms with E-state index in [1.165, 1.54) is 0 Å². The SMILES string of the molecule is CCc1cc(C)[nH]c(=O)c1CNC(=O)c1c(C)n([C@@H](C)C2CCNCC2)c2ccccc12. The van der Waals surface area contributed by atoms with Crippen LogP contribution >= 0.6 is 0 Å². The molecule has 170 valence electrons. The maximum atomic E-state index is 13.4. The Kier molecular flexibility index (Phi) is 6.51. The van der Waals surface area contributed by atoms with Gasteiger partial charge in [-0.2, -0.15) is 0 Å². The lowest BCUT2D eigenvalue weighted by atomic mass is 9.91. The fourth-order valence-corrected chi connectivity index (χ4v) is 5.29. The molecule has 3 aromatic rings. The number of piperidine rings is 1. The molecule has 0 radical (unpaired) electrons. The van der Waals surface area contributed by atoms with Crippen LogP contribution in [0.5, 0.6) is 0 Å². The maximum absolute atomic E-state index is 13.4. The minimum Gasteiger partial charge on any atom is -0.348 e. The van der Waals surface area contributed by atoms with Crippen LogP contribution in [0.25, 0.3) is 10.9 Å². The van der Waals surface area contributed by atoms with Crippen molar-refractivity contribution in [2.45, 2.75) is 59.5 Å². The first-order chi connectivity index (χ1) is 15.4. The second-order valence-electron chi connectivity index (χ2n) is 9.00. The molecule has 0 unspecified atom stereocenters. The number of nitrogens with zero attached hydrogens (tertiary/aromatic N) is 1. The number of aryl methyl sites for hydroxylation is 2. The summed E-state index contributed by atoms with van der Waals surface area (Å²) in [7, 11) is 0. The molecule has 1 atom stereocenters. The molecule has 1 aliphatic rings. The van der Waals surface area contributed by atoms with Crippen molar-refractivity contribution in [2.24, 2.45) is 5.92 Å². The van der Waals surface area contributed by atoms with Crippen molar-refractivity contribution in [1.82, 2.24) is 20.2 Å². The van der Waals surface area contributed by atoms with Crippen molar-refractivity contribution in [3.63, 3.8) is 0 Å². The molecule has 32 heavy (non-hydrogen) atoms. The quantitative estimate of drug-likeness (QED) is 0.549. The summed E-state index contributed by atoms with van der Waals surface area (Å²) in [6.07, 6.45) is 3.04. The normalized spacial score (nSPS) is 15.8. The van der Waals surface area contributed by atoms with Crippen LogP contribution in [0.1, 0.15) is 65.6 Å². The number of aromatic amines is 1. The van der Waals surface area contributed by atoms with E-state index in [0.717, 1.165) is 60.2 Å². The monoisotopic (exact) mass is 434 g/mol. The van der Waals surface area contributed by atoms with Gasteiger partial charge in [0, 0.05) is 40.4 Å². The Labute approximate surface area is 189 Å². The molecule has 3 N–H and O–H groups in total. The molecule has 1 amide bonds. The Morgan fingerprint density at radius 2 is 1.94 bits per heavy atom. The van der Waals surface area contributed by atoms with E-state index < -0.39 is 0 Å². The van der Waals surface area contributed by atoms with Gasteiger partial charge >= 0.3 is 0 Å². The molecule has 4 rings (SSSR count). The fraction of sp³-hybridized carbons (Fsp3) is 0.462. The van der Waals surface area contributed by atoms with Gasteiger partial charge in [0.1, 0.15) is 0 Å². The van der Waals surface area contributed by atoms with Crippen molar-refractivity contribution in [2.75, 3.05) is 13.1 Å². The number of para-hydroxylation sites is 1. The topological polar surface area (TPSA) is 78.9 Å². The molecule has 1 saturated heterocycles. The Hall–Kier alpha value is -2.86. The van der Waals surface area contributed by atoms with Crippen molar-refractivity contribution in [3.8, 4) is 0 Å². The van der Waals surface area contributed by atoms with Gasteiger partial charge in [-0.15, -0.1) is 0 Å². The number of fused-ring (bicyclic) bond motifs is 1. The van der Waals surface area contributed by atoms with Gasteiger partial charge in [0.25, 0.3) is 11.5 Å². The number of H-pyrrole nitrogens is 1. The Morgan fingerprint density at radius 3 is 2.66 bits per heavy atom. The Morgan fingerprint density at radius 1 is 1.22 bits per heavy atom.